The molecule has 4 rings (SSSR count). The summed E-state index contributed by atoms with van der Waals surface area (Å²) in [7, 11) is 1.76. The van der Waals surface area contributed by atoms with Crippen molar-refractivity contribution in [1.82, 2.24) is 25.1 Å². The van der Waals surface area contributed by atoms with Crippen molar-refractivity contribution in [2.24, 2.45) is 0 Å². The fourth-order valence-corrected chi connectivity index (χ4v) is 5.90. The van der Waals surface area contributed by atoms with Crippen molar-refractivity contribution in [3.05, 3.63) is 71.8 Å². The number of nitrogens with zero attached hydrogens (tertiary/aromatic N) is 4. The number of hydrogen-bond acceptors (Lipinski definition) is 5. The van der Waals surface area contributed by atoms with Crippen molar-refractivity contribution in [2.45, 2.75) is 50.7 Å². The number of nitrogens with one attached hydrogen (secondary N) is 1. The Morgan fingerprint density at radius 2 is 1.70 bits per heavy atom. The van der Waals surface area contributed by atoms with Gasteiger partial charge in [0, 0.05) is 31.6 Å². The summed E-state index contributed by atoms with van der Waals surface area (Å²) in [6, 6.07) is 19.2. The Morgan fingerprint density at radius 3 is 2.38 bits per heavy atom. The molecule has 198 valence electrons. The van der Waals surface area contributed by atoms with Gasteiger partial charge >= 0.3 is 6.03 Å². The first-order valence-electron chi connectivity index (χ1n) is 13.0. The normalized spacial score (nSPS) is 20.2. The van der Waals surface area contributed by atoms with E-state index in [0.29, 0.717) is 26.1 Å². The Morgan fingerprint density at radius 1 is 1.03 bits per heavy atom. The average molecular weight is 524 g/mol. The van der Waals surface area contributed by atoms with E-state index in [1.54, 1.807) is 33.7 Å². The minimum Gasteiger partial charge on any atom is -0.336 e. The molecule has 0 aliphatic carbocycles. The molecule has 2 saturated heterocycles. The fourth-order valence-electron chi connectivity index (χ4n) is 4.97. The van der Waals surface area contributed by atoms with Crippen LogP contribution in [0.25, 0.3) is 0 Å². The molecule has 9 heteroatoms. The van der Waals surface area contributed by atoms with Gasteiger partial charge in [0.05, 0.1) is 13.1 Å². The second-order valence-electron chi connectivity index (χ2n) is 9.57. The van der Waals surface area contributed by atoms with Gasteiger partial charge in [-0.25, -0.2) is 14.8 Å². The Labute approximate surface area is 223 Å². The third-order valence-electron chi connectivity index (χ3n) is 6.88. The summed E-state index contributed by atoms with van der Waals surface area (Å²) in [4.78, 5) is 43.7. The Balaban J connectivity index is 1.47. The van der Waals surface area contributed by atoms with Gasteiger partial charge in [-0.15, -0.1) is 0 Å². The van der Waals surface area contributed by atoms with E-state index in [-0.39, 0.29) is 24.4 Å². The van der Waals surface area contributed by atoms with E-state index in [9.17, 15) is 14.4 Å². The maximum atomic E-state index is 13.6. The minimum atomic E-state index is -0.538. The molecule has 0 radical (unpaired) electrons. The maximum absolute atomic E-state index is 13.6. The van der Waals surface area contributed by atoms with Crippen LogP contribution in [0.15, 0.2) is 60.7 Å². The smallest absolute Gasteiger partial charge is 0.334 e. The topological polar surface area (TPSA) is 76.2 Å². The van der Waals surface area contributed by atoms with Crippen LogP contribution in [0.4, 0.5) is 4.79 Å². The number of carbonyl (C=O) groups excluding carboxylic acids is 3. The van der Waals surface area contributed by atoms with Gasteiger partial charge in [-0.3, -0.25) is 9.59 Å². The molecule has 2 aromatic carbocycles. The first-order chi connectivity index (χ1) is 18.0. The number of thioether (sulfide) groups is 1. The maximum Gasteiger partial charge on any atom is 0.334 e. The molecule has 2 aliphatic heterocycles. The number of rotatable bonds is 10. The van der Waals surface area contributed by atoms with E-state index in [1.165, 1.54) is 5.56 Å². The molecule has 0 saturated carbocycles. The van der Waals surface area contributed by atoms with Crippen molar-refractivity contribution in [2.75, 3.05) is 32.4 Å². The molecular formula is C28H37N5O3S. The van der Waals surface area contributed by atoms with Gasteiger partial charge in [0.15, 0.2) is 0 Å². The van der Waals surface area contributed by atoms with Gasteiger partial charge in [-0.1, -0.05) is 80.4 Å². The first-order valence-corrected chi connectivity index (χ1v) is 14.2. The lowest BCUT2D eigenvalue weighted by atomic mass is 10.0. The molecule has 0 unspecified atom stereocenters. The number of benzene rings is 2. The van der Waals surface area contributed by atoms with Crippen molar-refractivity contribution >= 4 is 29.6 Å². The SMILES string of the molecule is CCCC[C@H]1C(=O)N(CCSCc2ccccc2)C[C@H]2N1C(=O)CN(C)N2C(=O)NCc1ccccc1. The summed E-state index contributed by atoms with van der Waals surface area (Å²) in [5.41, 5.74) is 2.25. The second-order valence-corrected chi connectivity index (χ2v) is 10.7. The molecular weight excluding hydrogens is 486 g/mol. The van der Waals surface area contributed by atoms with Crippen LogP contribution in [0.1, 0.15) is 37.3 Å². The molecule has 2 fully saturated rings. The number of carbonyl (C=O) groups is 3. The minimum absolute atomic E-state index is 0.00689. The highest BCUT2D eigenvalue weighted by Gasteiger charge is 2.50. The summed E-state index contributed by atoms with van der Waals surface area (Å²) in [6.07, 6.45) is 1.86. The number of urea groups is 1. The van der Waals surface area contributed by atoms with Crippen molar-refractivity contribution in [3.63, 3.8) is 0 Å². The van der Waals surface area contributed by atoms with Gasteiger partial charge in [0.25, 0.3) is 0 Å². The third-order valence-corrected chi connectivity index (χ3v) is 7.89. The monoisotopic (exact) mass is 523 g/mol. The zero-order valence-corrected chi connectivity index (χ0v) is 22.5. The molecule has 0 aromatic heterocycles. The van der Waals surface area contributed by atoms with E-state index in [2.05, 4.69) is 24.4 Å². The first kappa shape index (κ1) is 27.0. The predicted molar refractivity (Wildman–Crippen MR) is 146 cm³/mol. The van der Waals surface area contributed by atoms with Crippen LogP contribution in [-0.2, 0) is 21.9 Å². The van der Waals surface area contributed by atoms with Crippen LogP contribution in [0.3, 0.4) is 0 Å². The van der Waals surface area contributed by atoms with Crippen LogP contribution in [0.2, 0.25) is 0 Å². The third kappa shape index (κ3) is 6.64. The summed E-state index contributed by atoms with van der Waals surface area (Å²) >= 11 is 1.79. The molecule has 37 heavy (non-hydrogen) atoms. The number of unbranched alkanes of at least 4 members (excludes halogenated alkanes) is 1. The summed E-state index contributed by atoms with van der Waals surface area (Å²) in [5.74, 6) is 1.56. The van der Waals surface area contributed by atoms with E-state index in [0.717, 1.165) is 29.9 Å². The number of piperazine rings is 1. The van der Waals surface area contributed by atoms with Crippen LogP contribution >= 0.6 is 11.8 Å². The van der Waals surface area contributed by atoms with E-state index < -0.39 is 12.2 Å². The van der Waals surface area contributed by atoms with Crippen LogP contribution in [0, 0.1) is 0 Å². The Hall–Kier alpha value is -3.04. The lowest BCUT2D eigenvalue weighted by molar-refractivity contribution is -0.187. The van der Waals surface area contributed by atoms with E-state index in [1.807, 2.05) is 53.4 Å². The van der Waals surface area contributed by atoms with Crippen molar-refractivity contribution in [1.29, 1.82) is 0 Å². The average Bonchev–Trinajstić information content (AvgIpc) is 2.91. The van der Waals surface area contributed by atoms with Gasteiger partial charge < -0.3 is 15.1 Å². The second kappa shape index (κ2) is 13.0. The lowest BCUT2D eigenvalue weighted by Gasteiger charge is -2.54. The quantitative estimate of drug-likeness (QED) is 0.482. The molecule has 2 heterocycles. The van der Waals surface area contributed by atoms with Crippen molar-refractivity contribution < 1.29 is 14.4 Å². The summed E-state index contributed by atoms with van der Waals surface area (Å²) in [6.45, 7) is 3.43. The van der Waals surface area contributed by atoms with Gasteiger partial charge in [-0.2, -0.15) is 11.8 Å². The fraction of sp³-hybridized carbons (Fsp3) is 0.464. The molecule has 0 spiro atoms. The number of hydrogen-bond donors (Lipinski definition) is 1. The molecule has 2 aromatic rings. The van der Waals surface area contributed by atoms with Gasteiger partial charge in [0.1, 0.15) is 12.2 Å². The van der Waals surface area contributed by atoms with Crippen LogP contribution in [-0.4, -0.2) is 82.3 Å². The molecule has 2 atom stereocenters. The largest absolute Gasteiger partial charge is 0.336 e. The highest BCUT2D eigenvalue weighted by Crippen LogP contribution is 2.28. The molecule has 0 bridgehead atoms. The van der Waals surface area contributed by atoms with Gasteiger partial charge in [-0.05, 0) is 17.5 Å². The molecule has 4 amide bonds. The molecule has 2 aliphatic rings. The van der Waals surface area contributed by atoms with Crippen molar-refractivity contribution in [3.8, 4) is 0 Å². The van der Waals surface area contributed by atoms with Crippen LogP contribution < -0.4 is 5.32 Å². The predicted octanol–water partition coefficient (Wildman–Crippen LogP) is 3.55. The lowest BCUT2D eigenvalue weighted by Crippen LogP contribution is -2.76. The molecule has 8 nitrogen and oxygen atoms in total. The Bertz CT molecular complexity index is 1050. The zero-order valence-electron chi connectivity index (χ0n) is 21.7. The zero-order chi connectivity index (χ0) is 26.2. The number of fused-ring (bicyclic) bond motifs is 1. The van der Waals surface area contributed by atoms with Gasteiger partial charge in [0.2, 0.25) is 11.8 Å². The number of likely N-dealkylation sites (N-methyl/N-ethyl adjacent to an activating group) is 1. The highest BCUT2D eigenvalue weighted by molar-refractivity contribution is 7.98. The van der Waals surface area contributed by atoms with Crippen LogP contribution in [0.5, 0.6) is 0 Å². The highest BCUT2D eigenvalue weighted by atomic mass is 32.2. The Kier molecular flexibility index (Phi) is 9.46. The molecule has 1 N–H and O–H groups in total. The number of amides is 4. The summed E-state index contributed by atoms with van der Waals surface area (Å²) in [5, 5.41) is 6.31. The standard InChI is InChI=1S/C28H37N5O3S/c1-3-4-15-24-27(35)31(16-17-37-21-23-13-9-6-10-14-23)19-25-32(24)26(34)20-30(2)33(25)28(36)29-18-22-11-7-5-8-12-22/h5-14,24-25H,3-4,15-21H2,1-2H3,(H,29,36)/t24-,25-/m0/s1. The number of hydrazine groups is 1. The summed E-state index contributed by atoms with van der Waals surface area (Å²) < 4.78 is 0. The van der Waals surface area contributed by atoms with E-state index in [4.69, 9.17) is 0 Å². The van der Waals surface area contributed by atoms with E-state index >= 15 is 0 Å².